The average Bonchev–Trinajstić information content (AvgIpc) is 1.99. The molecule has 1 aromatic heterocycles. The third-order valence-corrected chi connectivity index (χ3v) is 1.61. The van der Waals surface area contributed by atoms with Crippen LogP contribution in [0.2, 0.25) is 5.15 Å². The van der Waals surface area contributed by atoms with Crippen molar-refractivity contribution < 1.29 is 13.5 Å². The van der Waals surface area contributed by atoms with Crippen molar-refractivity contribution in [2.45, 2.75) is 32.8 Å². The molecular weight excluding hydrogens is 226 g/mol. The van der Waals surface area contributed by atoms with Gasteiger partial charge in [0.2, 0.25) is 11.7 Å². The molecular formula is C9H11ClF2N2O. The first-order valence-electron chi connectivity index (χ1n) is 4.38. The zero-order chi connectivity index (χ0) is 11.6. The predicted octanol–water partition coefficient (Wildman–Crippen LogP) is 3.03. The second-order valence-corrected chi connectivity index (χ2v) is 3.79. The van der Waals surface area contributed by atoms with E-state index in [2.05, 4.69) is 9.97 Å². The normalized spacial score (nSPS) is 11.9. The molecule has 6 heteroatoms. The molecule has 0 atom stereocenters. The molecule has 0 N–H and O–H groups in total. The molecule has 0 radical (unpaired) electrons. The molecule has 0 aliphatic carbocycles. The fraction of sp³-hybridized carbons (Fsp3) is 0.556. The Morgan fingerprint density at radius 2 is 2.00 bits per heavy atom. The third kappa shape index (κ3) is 3.58. The minimum Gasteiger partial charge on any atom is -0.475 e. The molecule has 0 saturated carbocycles. The summed E-state index contributed by atoms with van der Waals surface area (Å²) in [7, 11) is 0. The smallest absolute Gasteiger partial charge is 0.304 e. The van der Waals surface area contributed by atoms with Gasteiger partial charge in [-0.15, -0.1) is 0 Å². The van der Waals surface area contributed by atoms with Gasteiger partial charge in [0.05, 0.1) is 6.10 Å². The molecule has 0 amide bonds. The van der Waals surface area contributed by atoms with E-state index in [1.54, 1.807) is 13.8 Å². The quantitative estimate of drug-likeness (QED) is 0.757. The Bertz CT molecular complexity index is 352. The minimum absolute atomic E-state index is 0.0570. The van der Waals surface area contributed by atoms with Gasteiger partial charge >= 0.3 is 5.92 Å². The van der Waals surface area contributed by atoms with Crippen molar-refractivity contribution in [1.29, 1.82) is 0 Å². The Kier molecular flexibility index (Phi) is 3.44. The predicted molar refractivity (Wildman–Crippen MR) is 52.4 cm³/mol. The molecule has 0 bridgehead atoms. The summed E-state index contributed by atoms with van der Waals surface area (Å²) in [5.41, 5.74) is 0. The van der Waals surface area contributed by atoms with Crippen molar-refractivity contribution in [2.24, 2.45) is 0 Å². The summed E-state index contributed by atoms with van der Waals surface area (Å²) in [5.74, 6) is -3.70. The van der Waals surface area contributed by atoms with Gasteiger partial charge in [-0.05, 0) is 13.8 Å². The van der Waals surface area contributed by atoms with Gasteiger partial charge in [0.25, 0.3) is 0 Å². The molecule has 0 unspecified atom stereocenters. The van der Waals surface area contributed by atoms with Gasteiger partial charge in [0.15, 0.2) is 0 Å². The number of rotatable bonds is 3. The number of nitrogens with zero attached hydrogens (tertiary/aromatic N) is 2. The molecule has 1 rings (SSSR count). The first kappa shape index (κ1) is 12.1. The summed E-state index contributed by atoms with van der Waals surface area (Å²) in [6.45, 7) is 4.23. The molecule has 0 spiro atoms. The Balaban J connectivity index is 3.06. The largest absolute Gasteiger partial charge is 0.475 e. The van der Waals surface area contributed by atoms with Gasteiger partial charge < -0.3 is 4.74 Å². The standard InChI is InChI=1S/C9H11ClF2N2O/c1-5(2)15-7-4-6(10)13-8(14-7)9(3,11)12/h4-5H,1-3H3. The summed E-state index contributed by atoms with van der Waals surface area (Å²) < 4.78 is 31.0. The molecule has 84 valence electrons. The lowest BCUT2D eigenvalue weighted by atomic mass is 10.3. The summed E-state index contributed by atoms with van der Waals surface area (Å²) in [5, 5.41) is -0.0582. The SMILES string of the molecule is CC(C)Oc1cc(Cl)nc(C(C)(F)F)n1. The maximum absolute atomic E-state index is 12.9. The zero-order valence-corrected chi connectivity index (χ0v) is 9.35. The monoisotopic (exact) mass is 236 g/mol. The van der Waals surface area contributed by atoms with Crippen molar-refractivity contribution in [1.82, 2.24) is 9.97 Å². The number of aromatic nitrogens is 2. The fourth-order valence-electron chi connectivity index (χ4n) is 0.895. The Hall–Kier alpha value is -0.970. The van der Waals surface area contributed by atoms with Crippen LogP contribution in [0.3, 0.4) is 0 Å². The van der Waals surface area contributed by atoms with E-state index in [1.165, 1.54) is 6.07 Å². The van der Waals surface area contributed by atoms with E-state index in [9.17, 15) is 8.78 Å². The topological polar surface area (TPSA) is 35.0 Å². The number of alkyl halides is 2. The van der Waals surface area contributed by atoms with Crippen LogP contribution in [0.15, 0.2) is 6.07 Å². The van der Waals surface area contributed by atoms with Crippen molar-refractivity contribution in [3.63, 3.8) is 0 Å². The van der Waals surface area contributed by atoms with E-state index in [4.69, 9.17) is 16.3 Å². The van der Waals surface area contributed by atoms with Gasteiger partial charge in [-0.2, -0.15) is 13.8 Å². The molecule has 0 fully saturated rings. The second kappa shape index (κ2) is 4.26. The van der Waals surface area contributed by atoms with Crippen LogP contribution in [0.4, 0.5) is 8.78 Å². The van der Waals surface area contributed by atoms with E-state index in [-0.39, 0.29) is 17.1 Å². The van der Waals surface area contributed by atoms with Crippen molar-refractivity contribution in [3.05, 3.63) is 17.0 Å². The lowest BCUT2D eigenvalue weighted by Crippen LogP contribution is -2.15. The van der Waals surface area contributed by atoms with Crippen LogP contribution in [0.1, 0.15) is 26.6 Å². The van der Waals surface area contributed by atoms with Gasteiger partial charge in [0.1, 0.15) is 5.15 Å². The van der Waals surface area contributed by atoms with Crippen LogP contribution in [0.5, 0.6) is 5.88 Å². The lowest BCUT2D eigenvalue weighted by molar-refractivity contribution is 0.00673. The zero-order valence-electron chi connectivity index (χ0n) is 8.59. The van der Waals surface area contributed by atoms with Crippen molar-refractivity contribution in [3.8, 4) is 5.88 Å². The molecule has 1 heterocycles. The van der Waals surface area contributed by atoms with E-state index < -0.39 is 11.7 Å². The van der Waals surface area contributed by atoms with Crippen LogP contribution < -0.4 is 4.74 Å². The average molecular weight is 237 g/mol. The molecule has 15 heavy (non-hydrogen) atoms. The highest BCUT2D eigenvalue weighted by Crippen LogP contribution is 2.26. The van der Waals surface area contributed by atoms with E-state index >= 15 is 0 Å². The maximum atomic E-state index is 12.9. The first-order chi connectivity index (χ1) is 6.79. The van der Waals surface area contributed by atoms with Crippen LogP contribution in [0, 0.1) is 0 Å². The molecule has 0 saturated heterocycles. The summed E-state index contributed by atoms with van der Waals surface area (Å²) in [6, 6.07) is 1.30. The highest BCUT2D eigenvalue weighted by molar-refractivity contribution is 6.29. The molecule has 0 aliphatic heterocycles. The van der Waals surface area contributed by atoms with Crippen molar-refractivity contribution >= 4 is 11.6 Å². The van der Waals surface area contributed by atoms with Crippen LogP contribution in [-0.2, 0) is 5.92 Å². The van der Waals surface area contributed by atoms with Crippen molar-refractivity contribution in [2.75, 3.05) is 0 Å². The number of ether oxygens (including phenoxy) is 1. The maximum Gasteiger partial charge on any atom is 0.304 e. The Labute approximate surface area is 91.4 Å². The second-order valence-electron chi connectivity index (χ2n) is 3.41. The third-order valence-electron chi connectivity index (χ3n) is 1.42. The van der Waals surface area contributed by atoms with Gasteiger partial charge in [0, 0.05) is 13.0 Å². The Morgan fingerprint density at radius 1 is 1.40 bits per heavy atom. The first-order valence-corrected chi connectivity index (χ1v) is 4.76. The Morgan fingerprint density at radius 3 is 2.47 bits per heavy atom. The highest BCUT2D eigenvalue weighted by Gasteiger charge is 2.29. The molecule has 3 nitrogen and oxygen atoms in total. The van der Waals surface area contributed by atoms with Gasteiger partial charge in [-0.3, -0.25) is 0 Å². The van der Waals surface area contributed by atoms with E-state index in [0.717, 1.165) is 0 Å². The van der Waals surface area contributed by atoms with E-state index in [1.807, 2.05) is 0 Å². The van der Waals surface area contributed by atoms with Crippen LogP contribution >= 0.6 is 11.6 Å². The van der Waals surface area contributed by atoms with Crippen LogP contribution in [-0.4, -0.2) is 16.1 Å². The molecule has 0 aromatic carbocycles. The van der Waals surface area contributed by atoms with E-state index in [0.29, 0.717) is 6.92 Å². The molecule has 1 aromatic rings. The van der Waals surface area contributed by atoms with Crippen LogP contribution in [0.25, 0.3) is 0 Å². The minimum atomic E-state index is -3.13. The highest BCUT2D eigenvalue weighted by atomic mass is 35.5. The summed E-state index contributed by atoms with van der Waals surface area (Å²) >= 11 is 5.58. The number of halogens is 3. The number of hydrogen-bond donors (Lipinski definition) is 0. The van der Waals surface area contributed by atoms with Gasteiger partial charge in [-0.25, -0.2) is 4.98 Å². The lowest BCUT2D eigenvalue weighted by Gasteiger charge is -2.12. The fourth-order valence-corrected chi connectivity index (χ4v) is 1.07. The number of hydrogen-bond acceptors (Lipinski definition) is 3. The van der Waals surface area contributed by atoms with Gasteiger partial charge in [-0.1, -0.05) is 11.6 Å². The summed E-state index contributed by atoms with van der Waals surface area (Å²) in [4.78, 5) is 7.01. The summed E-state index contributed by atoms with van der Waals surface area (Å²) in [6.07, 6.45) is -0.158. The molecule has 0 aliphatic rings.